The standard InChI is InChI=1S/C13H16FNO3S/c1-13(2)8-15(5-6-19(13)18)12(17)10-4-3-9(16)7-11(10)14/h3-4,7,16H,5-6,8H2,1-2H3/t19-/m0/s1. The first-order valence-corrected chi connectivity index (χ1v) is 7.29. The lowest BCUT2D eigenvalue weighted by atomic mass is 10.1. The van der Waals surface area contributed by atoms with Gasteiger partial charge in [0.2, 0.25) is 0 Å². The minimum atomic E-state index is -0.981. The molecular weight excluding hydrogens is 269 g/mol. The van der Waals surface area contributed by atoms with Crippen molar-refractivity contribution < 1.29 is 18.5 Å². The monoisotopic (exact) mass is 285 g/mol. The van der Waals surface area contributed by atoms with Crippen molar-refractivity contribution in [1.29, 1.82) is 0 Å². The average molecular weight is 285 g/mol. The van der Waals surface area contributed by atoms with Crippen LogP contribution in [0.25, 0.3) is 0 Å². The molecule has 0 aromatic heterocycles. The fourth-order valence-electron chi connectivity index (χ4n) is 2.10. The number of carbonyl (C=O) groups is 1. The van der Waals surface area contributed by atoms with E-state index in [1.54, 1.807) is 0 Å². The van der Waals surface area contributed by atoms with Crippen molar-refractivity contribution in [2.24, 2.45) is 0 Å². The van der Waals surface area contributed by atoms with E-state index in [0.29, 0.717) is 18.8 Å². The lowest BCUT2D eigenvalue weighted by Gasteiger charge is -2.37. The summed E-state index contributed by atoms with van der Waals surface area (Å²) in [6.45, 7) is 4.35. The molecule has 0 bridgehead atoms. The number of phenols is 1. The van der Waals surface area contributed by atoms with Crippen LogP contribution in [-0.2, 0) is 10.8 Å². The van der Waals surface area contributed by atoms with E-state index in [1.165, 1.54) is 17.0 Å². The number of amides is 1. The number of halogens is 1. The van der Waals surface area contributed by atoms with E-state index in [2.05, 4.69) is 0 Å². The van der Waals surface area contributed by atoms with Crippen LogP contribution in [-0.4, -0.2) is 43.7 Å². The number of hydrogen-bond acceptors (Lipinski definition) is 3. The molecule has 1 aliphatic rings. The number of benzene rings is 1. The molecule has 19 heavy (non-hydrogen) atoms. The SMILES string of the molecule is CC1(C)CN(C(=O)c2ccc(O)cc2F)CC[S@@]1=O. The normalized spacial score (nSPS) is 22.3. The fourth-order valence-corrected chi connectivity index (χ4v) is 3.34. The summed E-state index contributed by atoms with van der Waals surface area (Å²) < 4.78 is 25.0. The molecule has 0 saturated carbocycles. The maximum Gasteiger partial charge on any atom is 0.256 e. The molecule has 2 rings (SSSR count). The number of nitrogens with zero attached hydrogens (tertiary/aromatic N) is 1. The molecule has 1 N–H and O–H groups in total. The number of carbonyl (C=O) groups excluding carboxylic acids is 1. The second-order valence-electron chi connectivity index (χ2n) is 5.20. The molecule has 104 valence electrons. The third-order valence-electron chi connectivity index (χ3n) is 3.20. The van der Waals surface area contributed by atoms with Crippen LogP contribution < -0.4 is 0 Å². The number of rotatable bonds is 1. The van der Waals surface area contributed by atoms with Crippen LogP contribution in [0.1, 0.15) is 24.2 Å². The second kappa shape index (κ2) is 4.92. The predicted molar refractivity (Wildman–Crippen MR) is 71.1 cm³/mol. The van der Waals surface area contributed by atoms with Gasteiger partial charge in [0, 0.05) is 35.7 Å². The Bertz CT molecular complexity index is 545. The summed E-state index contributed by atoms with van der Waals surface area (Å²) in [7, 11) is -0.981. The number of aromatic hydroxyl groups is 1. The molecular formula is C13H16FNO3S. The summed E-state index contributed by atoms with van der Waals surface area (Å²) in [5.41, 5.74) is -0.0683. The molecule has 4 nitrogen and oxygen atoms in total. The van der Waals surface area contributed by atoms with Crippen LogP contribution >= 0.6 is 0 Å². The lowest BCUT2D eigenvalue weighted by Crippen LogP contribution is -2.52. The third kappa shape index (κ3) is 2.78. The van der Waals surface area contributed by atoms with Crippen molar-refractivity contribution in [3.63, 3.8) is 0 Å². The van der Waals surface area contributed by atoms with Gasteiger partial charge in [0.05, 0.1) is 10.3 Å². The fraction of sp³-hybridized carbons (Fsp3) is 0.462. The summed E-state index contributed by atoms with van der Waals surface area (Å²) >= 11 is 0. The highest BCUT2D eigenvalue weighted by molar-refractivity contribution is 7.86. The predicted octanol–water partition coefficient (Wildman–Crippen LogP) is 1.51. The minimum Gasteiger partial charge on any atom is -0.508 e. The summed E-state index contributed by atoms with van der Waals surface area (Å²) in [5, 5.41) is 9.14. The lowest BCUT2D eigenvalue weighted by molar-refractivity contribution is 0.0741. The number of phenolic OH excluding ortho intramolecular Hbond substituents is 1. The molecule has 1 saturated heterocycles. The van der Waals surface area contributed by atoms with E-state index in [9.17, 15) is 13.4 Å². The van der Waals surface area contributed by atoms with Gasteiger partial charge in [-0.3, -0.25) is 9.00 Å². The maximum atomic E-state index is 13.7. The Balaban J connectivity index is 2.23. The van der Waals surface area contributed by atoms with Crippen LogP contribution in [0.15, 0.2) is 18.2 Å². The van der Waals surface area contributed by atoms with E-state index >= 15 is 0 Å². The zero-order valence-electron chi connectivity index (χ0n) is 10.9. The maximum absolute atomic E-state index is 13.7. The second-order valence-corrected chi connectivity index (χ2v) is 7.40. The quantitative estimate of drug-likeness (QED) is 0.851. The molecule has 1 amide bonds. The van der Waals surface area contributed by atoms with E-state index in [1.807, 2.05) is 13.8 Å². The molecule has 0 unspecified atom stereocenters. The Kier molecular flexibility index (Phi) is 3.62. The molecule has 6 heteroatoms. The van der Waals surface area contributed by atoms with Gasteiger partial charge >= 0.3 is 0 Å². The Morgan fingerprint density at radius 1 is 1.47 bits per heavy atom. The van der Waals surface area contributed by atoms with E-state index < -0.39 is 27.3 Å². The molecule has 1 aromatic rings. The Morgan fingerprint density at radius 2 is 2.16 bits per heavy atom. The van der Waals surface area contributed by atoms with Gasteiger partial charge in [-0.2, -0.15) is 0 Å². The van der Waals surface area contributed by atoms with Gasteiger partial charge in [0.25, 0.3) is 5.91 Å². The molecule has 1 fully saturated rings. The van der Waals surface area contributed by atoms with Gasteiger partial charge in [0.1, 0.15) is 11.6 Å². The van der Waals surface area contributed by atoms with Crippen molar-refractivity contribution in [1.82, 2.24) is 4.90 Å². The molecule has 1 aromatic carbocycles. The summed E-state index contributed by atoms with van der Waals surface area (Å²) in [5.74, 6) is -0.982. The van der Waals surface area contributed by atoms with Gasteiger partial charge in [-0.05, 0) is 26.0 Å². The first kappa shape index (κ1) is 14.0. The van der Waals surface area contributed by atoms with Crippen LogP contribution in [0.3, 0.4) is 0 Å². The highest BCUT2D eigenvalue weighted by Gasteiger charge is 2.35. The Labute approximate surface area is 113 Å². The molecule has 0 radical (unpaired) electrons. The summed E-state index contributed by atoms with van der Waals surface area (Å²) in [6.07, 6.45) is 0. The van der Waals surface area contributed by atoms with Gasteiger partial charge < -0.3 is 10.0 Å². The molecule has 1 aliphatic heterocycles. The zero-order valence-corrected chi connectivity index (χ0v) is 11.7. The Hall–Kier alpha value is -1.43. The van der Waals surface area contributed by atoms with Gasteiger partial charge in [-0.15, -0.1) is 0 Å². The summed E-state index contributed by atoms with van der Waals surface area (Å²) in [6, 6.07) is 3.47. The molecule has 0 aliphatic carbocycles. The number of hydrogen-bond donors (Lipinski definition) is 1. The van der Waals surface area contributed by atoms with Crippen molar-refractivity contribution >= 4 is 16.7 Å². The van der Waals surface area contributed by atoms with Crippen LogP contribution in [0.5, 0.6) is 5.75 Å². The van der Waals surface area contributed by atoms with Crippen molar-refractivity contribution in [3.05, 3.63) is 29.6 Å². The zero-order chi connectivity index (χ0) is 14.2. The Morgan fingerprint density at radius 3 is 2.74 bits per heavy atom. The van der Waals surface area contributed by atoms with Gasteiger partial charge in [0.15, 0.2) is 0 Å². The van der Waals surface area contributed by atoms with Crippen LogP contribution in [0.2, 0.25) is 0 Å². The van der Waals surface area contributed by atoms with E-state index in [0.717, 1.165) is 6.07 Å². The first-order chi connectivity index (χ1) is 8.81. The summed E-state index contributed by atoms with van der Waals surface area (Å²) in [4.78, 5) is 13.7. The van der Waals surface area contributed by atoms with Gasteiger partial charge in [-0.25, -0.2) is 4.39 Å². The molecule has 1 heterocycles. The van der Waals surface area contributed by atoms with Crippen molar-refractivity contribution in [3.8, 4) is 5.75 Å². The molecule has 1 atom stereocenters. The van der Waals surface area contributed by atoms with E-state index in [4.69, 9.17) is 5.11 Å². The smallest absolute Gasteiger partial charge is 0.256 e. The highest BCUT2D eigenvalue weighted by atomic mass is 32.2. The molecule has 0 spiro atoms. The van der Waals surface area contributed by atoms with Crippen LogP contribution in [0.4, 0.5) is 4.39 Å². The minimum absolute atomic E-state index is 0.0683. The van der Waals surface area contributed by atoms with Gasteiger partial charge in [-0.1, -0.05) is 0 Å². The first-order valence-electron chi connectivity index (χ1n) is 5.97. The van der Waals surface area contributed by atoms with E-state index in [-0.39, 0.29) is 11.3 Å². The highest BCUT2D eigenvalue weighted by Crippen LogP contribution is 2.23. The van der Waals surface area contributed by atoms with Crippen LogP contribution in [0, 0.1) is 5.82 Å². The average Bonchev–Trinajstić information content (AvgIpc) is 2.32. The largest absolute Gasteiger partial charge is 0.508 e. The van der Waals surface area contributed by atoms with Crippen molar-refractivity contribution in [2.45, 2.75) is 18.6 Å². The topological polar surface area (TPSA) is 57.6 Å². The van der Waals surface area contributed by atoms with Crippen molar-refractivity contribution in [2.75, 3.05) is 18.8 Å². The third-order valence-corrected chi connectivity index (χ3v) is 5.12.